The number of carbonyl (C=O) groups is 3. The highest BCUT2D eigenvalue weighted by molar-refractivity contribution is 6.31. The lowest BCUT2D eigenvalue weighted by Crippen LogP contribution is -2.48. The quantitative estimate of drug-likeness (QED) is 0.417. The molecule has 0 fully saturated rings. The van der Waals surface area contributed by atoms with Crippen LogP contribution in [0.4, 0.5) is 15.4 Å². The van der Waals surface area contributed by atoms with Crippen LogP contribution in [0.5, 0.6) is 0 Å². The second-order valence-electron chi connectivity index (χ2n) is 7.93. The van der Waals surface area contributed by atoms with Gasteiger partial charge in [-0.15, -0.1) is 0 Å². The maximum absolute atomic E-state index is 12.8. The van der Waals surface area contributed by atoms with Crippen molar-refractivity contribution in [2.24, 2.45) is 0 Å². The van der Waals surface area contributed by atoms with Gasteiger partial charge in [-0.3, -0.25) is 14.9 Å². The van der Waals surface area contributed by atoms with Crippen molar-refractivity contribution >= 4 is 46.2 Å². The predicted octanol–water partition coefficient (Wildman–Crippen LogP) is 4.06. The summed E-state index contributed by atoms with van der Waals surface area (Å²) in [4.78, 5) is 48.1. The Labute approximate surface area is 214 Å². The first-order chi connectivity index (χ1) is 17.3. The molecule has 0 aliphatic heterocycles. The van der Waals surface area contributed by atoms with Crippen LogP contribution in [0.25, 0.3) is 10.8 Å². The zero-order valence-corrected chi connectivity index (χ0v) is 21.0. The van der Waals surface area contributed by atoms with E-state index in [2.05, 4.69) is 15.6 Å². The molecule has 0 aliphatic carbocycles. The molecular weight excluding hydrogens is 486 g/mol. The number of carbonyl (C=O) groups excluding carboxylic acids is 3. The third-order valence-electron chi connectivity index (χ3n) is 5.56. The van der Waals surface area contributed by atoms with Crippen LogP contribution in [0.15, 0.2) is 60.8 Å². The number of hydrogen-bond acceptors (Lipinski definition) is 6. The number of hydrogen-bond donors (Lipinski definition) is 2. The van der Waals surface area contributed by atoms with Crippen LogP contribution in [-0.2, 0) is 20.9 Å². The molecule has 190 valence electrons. The molecule has 2 N–H and O–H groups in total. The lowest BCUT2D eigenvalue weighted by atomic mass is 10.2. The fourth-order valence-electron chi connectivity index (χ4n) is 3.31. The van der Waals surface area contributed by atoms with Crippen LogP contribution in [0.3, 0.4) is 0 Å². The van der Waals surface area contributed by atoms with Gasteiger partial charge in [-0.2, -0.15) is 0 Å². The van der Waals surface area contributed by atoms with Gasteiger partial charge in [-0.1, -0.05) is 54.1 Å². The standard InChI is InChI=1S/C25H28ClN5O5/c1-30(24(33)28-15-19-10-6-7-11-21(19)26)20(13-23(32)31(2)35-3)16-36-25(34)29-22-12-17-8-4-5-9-18(17)14-27-22/h4-12,14,20H,13,15-16H2,1-3H3,(H,28,33)(H,27,29,34)/t20-/m0/s1. The van der Waals surface area contributed by atoms with Crippen molar-refractivity contribution in [2.45, 2.75) is 19.0 Å². The molecular formula is C25H28ClN5O5. The number of pyridine rings is 1. The Bertz CT molecular complexity index is 1220. The Morgan fingerprint density at radius 2 is 1.75 bits per heavy atom. The van der Waals surface area contributed by atoms with Gasteiger partial charge in [0.2, 0.25) is 5.91 Å². The average Bonchev–Trinajstić information content (AvgIpc) is 2.89. The van der Waals surface area contributed by atoms with Gasteiger partial charge in [-0.05, 0) is 23.1 Å². The molecule has 36 heavy (non-hydrogen) atoms. The van der Waals surface area contributed by atoms with Gasteiger partial charge in [0.1, 0.15) is 12.4 Å². The zero-order valence-electron chi connectivity index (χ0n) is 20.2. The average molecular weight is 514 g/mol. The van der Waals surface area contributed by atoms with Crippen LogP contribution in [-0.4, -0.2) is 66.8 Å². The van der Waals surface area contributed by atoms with E-state index in [4.69, 9.17) is 21.2 Å². The Balaban J connectivity index is 1.63. The zero-order chi connectivity index (χ0) is 26.1. The molecule has 0 unspecified atom stereocenters. The fourth-order valence-corrected chi connectivity index (χ4v) is 3.51. The molecule has 1 heterocycles. The number of urea groups is 1. The van der Waals surface area contributed by atoms with Crippen molar-refractivity contribution in [2.75, 3.05) is 33.1 Å². The van der Waals surface area contributed by atoms with E-state index in [-0.39, 0.29) is 19.6 Å². The molecule has 1 atom stereocenters. The van der Waals surface area contributed by atoms with Gasteiger partial charge < -0.3 is 15.0 Å². The number of nitrogens with zero attached hydrogens (tertiary/aromatic N) is 3. The summed E-state index contributed by atoms with van der Waals surface area (Å²) in [7, 11) is 4.32. The second kappa shape index (κ2) is 12.7. The highest BCUT2D eigenvalue weighted by Crippen LogP contribution is 2.17. The Morgan fingerprint density at radius 3 is 2.47 bits per heavy atom. The van der Waals surface area contributed by atoms with Gasteiger partial charge in [-0.25, -0.2) is 19.6 Å². The van der Waals surface area contributed by atoms with E-state index in [0.717, 1.165) is 21.4 Å². The van der Waals surface area contributed by atoms with E-state index < -0.39 is 24.1 Å². The summed E-state index contributed by atoms with van der Waals surface area (Å²) in [6, 6.07) is 15.2. The number of fused-ring (bicyclic) bond motifs is 1. The molecule has 11 heteroatoms. The summed E-state index contributed by atoms with van der Waals surface area (Å²) >= 11 is 6.15. The number of amides is 4. The fraction of sp³-hybridized carbons (Fsp3) is 0.280. The number of ether oxygens (including phenoxy) is 1. The minimum atomic E-state index is -0.767. The van der Waals surface area contributed by atoms with Gasteiger partial charge in [0.25, 0.3) is 0 Å². The summed E-state index contributed by atoms with van der Waals surface area (Å²) in [5.74, 6) is -0.0789. The molecule has 0 aliphatic rings. The molecule has 2 aromatic carbocycles. The van der Waals surface area contributed by atoms with E-state index in [1.807, 2.05) is 30.3 Å². The third kappa shape index (κ3) is 7.30. The summed E-state index contributed by atoms with van der Waals surface area (Å²) in [5.41, 5.74) is 0.742. The number of halogens is 1. The van der Waals surface area contributed by atoms with Crippen LogP contribution >= 0.6 is 11.6 Å². The van der Waals surface area contributed by atoms with Crippen molar-refractivity contribution in [1.82, 2.24) is 20.3 Å². The number of nitrogens with one attached hydrogen (secondary N) is 2. The minimum absolute atomic E-state index is 0.137. The van der Waals surface area contributed by atoms with Crippen molar-refractivity contribution in [3.63, 3.8) is 0 Å². The third-order valence-corrected chi connectivity index (χ3v) is 5.93. The summed E-state index contributed by atoms with van der Waals surface area (Å²) in [5, 5.41) is 8.74. The van der Waals surface area contributed by atoms with Gasteiger partial charge in [0.05, 0.1) is 19.6 Å². The number of rotatable bonds is 9. The highest BCUT2D eigenvalue weighted by atomic mass is 35.5. The first kappa shape index (κ1) is 26.7. The Hall–Kier alpha value is -3.89. The molecule has 0 radical (unpaired) electrons. The Kier molecular flexibility index (Phi) is 9.43. The van der Waals surface area contributed by atoms with Crippen molar-refractivity contribution in [1.29, 1.82) is 0 Å². The van der Waals surface area contributed by atoms with E-state index in [1.54, 1.807) is 30.5 Å². The molecule has 1 aromatic heterocycles. The molecule has 10 nitrogen and oxygen atoms in total. The van der Waals surface area contributed by atoms with Crippen LogP contribution < -0.4 is 10.6 Å². The van der Waals surface area contributed by atoms with Crippen LogP contribution in [0.1, 0.15) is 12.0 Å². The molecule has 0 saturated heterocycles. The number of hydroxylamine groups is 2. The summed E-state index contributed by atoms with van der Waals surface area (Å²) in [6.45, 7) is -0.0464. The van der Waals surface area contributed by atoms with E-state index >= 15 is 0 Å². The van der Waals surface area contributed by atoms with Crippen LogP contribution in [0, 0.1) is 0 Å². The largest absolute Gasteiger partial charge is 0.447 e. The van der Waals surface area contributed by atoms with Gasteiger partial charge in [0.15, 0.2) is 0 Å². The minimum Gasteiger partial charge on any atom is -0.447 e. The second-order valence-corrected chi connectivity index (χ2v) is 8.34. The topological polar surface area (TPSA) is 113 Å². The SMILES string of the molecule is CON(C)C(=O)C[C@@H](COC(=O)Nc1cc2ccccc2cn1)N(C)C(=O)NCc1ccccc1Cl. The lowest BCUT2D eigenvalue weighted by molar-refractivity contribution is -0.169. The van der Waals surface area contributed by atoms with E-state index in [0.29, 0.717) is 10.8 Å². The summed E-state index contributed by atoms with van der Waals surface area (Å²) < 4.78 is 5.34. The van der Waals surface area contributed by atoms with Crippen molar-refractivity contribution in [3.05, 3.63) is 71.4 Å². The predicted molar refractivity (Wildman–Crippen MR) is 136 cm³/mol. The van der Waals surface area contributed by atoms with Crippen molar-refractivity contribution in [3.8, 4) is 0 Å². The highest BCUT2D eigenvalue weighted by Gasteiger charge is 2.26. The van der Waals surface area contributed by atoms with Crippen molar-refractivity contribution < 1.29 is 24.0 Å². The van der Waals surface area contributed by atoms with Gasteiger partial charge in [0, 0.05) is 37.2 Å². The summed E-state index contributed by atoms with van der Waals surface area (Å²) in [6.07, 6.45) is 0.742. The van der Waals surface area contributed by atoms with Crippen LogP contribution in [0.2, 0.25) is 5.02 Å². The molecule has 0 saturated carbocycles. The number of anilines is 1. The molecule has 4 amide bonds. The number of likely N-dealkylation sites (N-methyl/N-ethyl adjacent to an activating group) is 1. The monoisotopic (exact) mass is 513 g/mol. The molecule has 3 rings (SSSR count). The first-order valence-corrected chi connectivity index (χ1v) is 11.5. The first-order valence-electron chi connectivity index (χ1n) is 11.1. The van der Waals surface area contributed by atoms with E-state index in [9.17, 15) is 14.4 Å². The normalized spacial score (nSPS) is 11.4. The Morgan fingerprint density at radius 1 is 1.06 bits per heavy atom. The molecule has 3 aromatic rings. The lowest BCUT2D eigenvalue weighted by Gasteiger charge is -2.28. The molecule has 0 spiro atoms. The molecule has 0 bridgehead atoms. The number of aromatic nitrogens is 1. The smallest absolute Gasteiger partial charge is 0.412 e. The number of benzene rings is 2. The van der Waals surface area contributed by atoms with E-state index in [1.165, 1.54) is 26.1 Å². The maximum Gasteiger partial charge on any atom is 0.412 e. The maximum atomic E-state index is 12.8. The van der Waals surface area contributed by atoms with Gasteiger partial charge >= 0.3 is 12.1 Å².